The zero-order valence-corrected chi connectivity index (χ0v) is 21.0. The second-order valence-corrected chi connectivity index (χ2v) is 10.9. The highest BCUT2D eigenvalue weighted by Gasteiger charge is 2.43. The van der Waals surface area contributed by atoms with Gasteiger partial charge in [-0.1, -0.05) is 97.1 Å². The number of carbonyl (C=O) groups is 1. The quantitative estimate of drug-likeness (QED) is 0.233. The van der Waals surface area contributed by atoms with Crippen LogP contribution in [-0.4, -0.2) is 5.78 Å². The molecule has 2 atom stereocenters. The van der Waals surface area contributed by atoms with Gasteiger partial charge in [0, 0.05) is 0 Å². The zero-order valence-electron chi connectivity index (χ0n) is 21.0. The topological polar surface area (TPSA) is 17.1 Å². The molecule has 0 saturated carbocycles. The molecular weight excluding hydrogens is 448 g/mol. The summed E-state index contributed by atoms with van der Waals surface area (Å²) in [6.45, 7) is 4.40. The van der Waals surface area contributed by atoms with E-state index in [1.54, 1.807) is 0 Å². The third kappa shape index (κ3) is 2.77. The van der Waals surface area contributed by atoms with E-state index in [0.717, 1.165) is 12.0 Å². The van der Waals surface area contributed by atoms with Crippen molar-refractivity contribution in [1.29, 1.82) is 0 Å². The summed E-state index contributed by atoms with van der Waals surface area (Å²) in [6, 6.07) is 34.9. The summed E-state index contributed by atoms with van der Waals surface area (Å²) in [5, 5.41) is 7.50. The third-order valence-corrected chi connectivity index (χ3v) is 8.90. The first kappa shape index (κ1) is 20.9. The molecule has 1 heteroatoms. The zero-order chi connectivity index (χ0) is 24.8. The maximum absolute atomic E-state index is 14.8. The molecule has 2 aliphatic carbocycles. The van der Waals surface area contributed by atoms with Gasteiger partial charge in [0.05, 0.1) is 11.8 Å². The number of ketones is 1. The molecule has 0 amide bonds. The van der Waals surface area contributed by atoms with Crippen molar-refractivity contribution in [2.45, 2.75) is 32.1 Å². The van der Waals surface area contributed by atoms with E-state index >= 15 is 0 Å². The lowest BCUT2D eigenvalue weighted by molar-refractivity contribution is -0.120. The van der Waals surface area contributed by atoms with Gasteiger partial charge in [0.1, 0.15) is 0 Å². The van der Waals surface area contributed by atoms with Crippen LogP contribution >= 0.6 is 0 Å². The molecule has 0 aromatic heterocycles. The minimum atomic E-state index is -0.280. The fraction of sp³-hybridized carbons (Fsp3) is 0.139. The summed E-state index contributed by atoms with van der Waals surface area (Å²) >= 11 is 0. The van der Waals surface area contributed by atoms with Crippen LogP contribution in [-0.2, 0) is 11.2 Å². The van der Waals surface area contributed by atoms with Crippen LogP contribution in [0.1, 0.15) is 56.3 Å². The molecule has 176 valence electrons. The lowest BCUT2D eigenvalue weighted by Crippen LogP contribution is -2.31. The largest absolute Gasteiger partial charge is 0.298 e. The Morgan fingerprint density at radius 1 is 0.622 bits per heavy atom. The van der Waals surface area contributed by atoms with Gasteiger partial charge in [0.25, 0.3) is 0 Å². The molecular formula is C36H26O. The van der Waals surface area contributed by atoms with E-state index in [0.29, 0.717) is 5.78 Å². The Labute approximate surface area is 216 Å². The average Bonchev–Trinajstić information content (AvgIpc) is 2.93. The molecule has 0 saturated heterocycles. The normalized spacial score (nSPS) is 17.9. The molecule has 0 spiro atoms. The third-order valence-electron chi connectivity index (χ3n) is 8.90. The summed E-state index contributed by atoms with van der Waals surface area (Å²) < 4.78 is 0. The van der Waals surface area contributed by atoms with E-state index in [1.165, 1.54) is 71.3 Å². The van der Waals surface area contributed by atoms with E-state index in [4.69, 9.17) is 0 Å². The number of carbonyl (C=O) groups excluding carboxylic acids is 1. The summed E-state index contributed by atoms with van der Waals surface area (Å²) in [5.41, 5.74) is 9.87. The predicted octanol–water partition coefficient (Wildman–Crippen LogP) is 8.51. The second kappa shape index (κ2) is 7.40. The fourth-order valence-electron chi connectivity index (χ4n) is 7.30. The summed E-state index contributed by atoms with van der Waals surface area (Å²) in [6.07, 6.45) is 0.874. The second-order valence-electron chi connectivity index (χ2n) is 10.9. The maximum atomic E-state index is 14.8. The van der Waals surface area contributed by atoms with Crippen molar-refractivity contribution < 1.29 is 4.79 Å². The number of aryl methyl sites for hydroxylation is 2. The molecule has 0 radical (unpaired) electrons. The molecule has 6 aromatic rings. The lowest BCUT2D eigenvalue weighted by Gasteiger charge is -2.38. The minimum Gasteiger partial charge on any atom is -0.298 e. The van der Waals surface area contributed by atoms with Crippen molar-refractivity contribution in [3.05, 3.63) is 142 Å². The summed E-state index contributed by atoms with van der Waals surface area (Å²) in [4.78, 5) is 14.8. The smallest absolute Gasteiger partial charge is 0.156 e. The SMILES string of the molecule is Cc1cc(C)c2ccc3c4c2c1C(c1ccc2ccccc2c1)C(=O)C4c1ccc2ccccc2c1C3. The van der Waals surface area contributed by atoms with Crippen molar-refractivity contribution in [1.82, 2.24) is 0 Å². The number of Topliss-reactive ketones (excluding diaryl/α,β-unsaturated/α-hetero) is 1. The van der Waals surface area contributed by atoms with Gasteiger partial charge in [-0.25, -0.2) is 0 Å². The van der Waals surface area contributed by atoms with Crippen molar-refractivity contribution in [2.24, 2.45) is 0 Å². The highest BCUT2D eigenvalue weighted by Crippen LogP contribution is 2.53. The Morgan fingerprint density at radius 2 is 1.38 bits per heavy atom. The van der Waals surface area contributed by atoms with Gasteiger partial charge in [0.2, 0.25) is 0 Å². The lowest BCUT2D eigenvalue weighted by atomic mass is 9.63. The Balaban J connectivity index is 1.49. The number of hydrogen-bond donors (Lipinski definition) is 0. The Bertz CT molecular complexity index is 1940. The van der Waals surface area contributed by atoms with Gasteiger partial charge >= 0.3 is 0 Å². The van der Waals surface area contributed by atoms with Gasteiger partial charge < -0.3 is 0 Å². The number of rotatable bonds is 1. The van der Waals surface area contributed by atoms with Crippen LogP contribution in [0.15, 0.2) is 97.1 Å². The van der Waals surface area contributed by atoms with Crippen LogP contribution in [0, 0.1) is 13.8 Å². The predicted molar refractivity (Wildman–Crippen MR) is 153 cm³/mol. The molecule has 6 aromatic carbocycles. The monoisotopic (exact) mass is 474 g/mol. The van der Waals surface area contributed by atoms with E-state index in [2.05, 4.69) is 111 Å². The highest BCUT2D eigenvalue weighted by molar-refractivity contribution is 6.11. The first-order valence-electron chi connectivity index (χ1n) is 13.2. The number of hydrogen-bond acceptors (Lipinski definition) is 1. The molecule has 0 heterocycles. The molecule has 8 rings (SSSR count). The van der Waals surface area contributed by atoms with Gasteiger partial charge in [-0.05, 0) is 97.1 Å². The van der Waals surface area contributed by atoms with Crippen molar-refractivity contribution >= 4 is 38.1 Å². The first-order chi connectivity index (χ1) is 18.1. The van der Waals surface area contributed by atoms with Crippen LogP contribution in [0.3, 0.4) is 0 Å². The molecule has 1 nitrogen and oxygen atoms in total. The minimum absolute atomic E-state index is 0.239. The molecule has 37 heavy (non-hydrogen) atoms. The van der Waals surface area contributed by atoms with Crippen LogP contribution in [0.4, 0.5) is 0 Å². The molecule has 0 aliphatic heterocycles. The van der Waals surface area contributed by atoms with Crippen molar-refractivity contribution in [3.8, 4) is 0 Å². The number of fused-ring (bicyclic) bond motifs is 5. The summed E-state index contributed by atoms with van der Waals surface area (Å²) in [7, 11) is 0. The average molecular weight is 475 g/mol. The Morgan fingerprint density at radius 3 is 2.24 bits per heavy atom. The van der Waals surface area contributed by atoms with Crippen LogP contribution in [0.25, 0.3) is 32.3 Å². The summed E-state index contributed by atoms with van der Waals surface area (Å²) in [5.74, 6) is -0.213. The standard InChI is InChI=1S/C36H26O/c1-20-17-21(2)31-33(25-12-11-22-7-3-4-9-24(22)18-25)36(37)35-29-16-13-23-8-5-6-10-28(23)30(29)19-26-14-15-27(20)34(31)32(26)35/h3-18,33,35H,19H2,1-2H3. The van der Waals surface area contributed by atoms with Crippen molar-refractivity contribution in [2.75, 3.05) is 0 Å². The van der Waals surface area contributed by atoms with E-state index in [-0.39, 0.29) is 11.8 Å². The fourth-order valence-corrected chi connectivity index (χ4v) is 7.30. The highest BCUT2D eigenvalue weighted by atomic mass is 16.1. The van der Waals surface area contributed by atoms with Gasteiger partial charge in [-0.15, -0.1) is 0 Å². The van der Waals surface area contributed by atoms with Crippen LogP contribution in [0.5, 0.6) is 0 Å². The van der Waals surface area contributed by atoms with Gasteiger partial charge in [-0.3, -0.25) is 4.79 Å². The van der Waals surface area contributed by atoms with E-state index < -0.39 is 0 Å². The van der Waals surface area contributed by atoms with E-state index in [1.807, 2.05) is 0 Å². The number of benzene rings is 6. The Kier molecular flexibility index (Phi) is 4.18. The van der Waals surface area contributed by atoms with Crippen molar-refractivity contribution in [3.63, 3.8) is 0 Å². The van der Waals surface area contributed by atoms with E-state index in [9.17, 15) is 4.79 Å². The van der Waals surface area contributed by atoms with Gasteiger partial charge in [-0.2, -0.15) is 0 Å². The molecule has 2 aliphatic rings. The Hall–Kier alpha value is -4.23. The van der Waals surface area contributed by atoms with Crippen LogP contribution in [0.2, 0.25) is 0 Å². The van der Waals surface area contributed by atoms with Gasteiger partial charge in [0.15, 0.2) is 5.78 Å². The molecule has 0 N–H and O–H groups in total. The first-order valence-corrected chi connectivity index (χ1v) is 13.2. The molecule has 2 unspecified atom stereocenters. The van der Waals surface area contributed by atoms with Crippen LogP contribution < -0.4 is 0 Å². The molecule has 0 fully saturated rings. The maximum Gasteiger partial charge on any atom is 0.156 e. The molecule has 0 bridgehead atoms.